The average molecular weight is 650 g/mol. The summed E-state index contributed by atoms with van der Waals surface area (Å²) in [6.45, 7) is 5.26. The predicted molar refractivity (Wildman–Crippen MR) is 175 cm³/mol. The maximum Gasteiger partial charge on any atom is 0.301 e. The Kier molecular flexibility index (Phi) is 10.6. The third-order valence-corrected chi connectivity index (χ3v) is 9.39. The Morgan fingerprint density at radius 2 is 1.61 bits per heavy atom. The van der Waals surface area contributed by atoms with Crippen molar-refractivity contribution >= 4 is 57.3 Å². The molecule has 3 aromatic carbocycles. The average Bonchev–Trinajstić information content (AvgIpc) is 3.61. The van der Waals surface area contributed by atoms with Crippen LogP contribution in [0.4, 0.5) is 5.13 Å². The summed E-state index contributed by atoms with van der Waals surface area (Å²) < 4.78 is 12.1. The molecule has 1 amide bonds. The monoisotopic (exact) mass is 649 g/mol. The minimum absolute atomic E-state index is 0.0302. The second-order valence-electron chi connectivity index (χ2n) is 10.0. The van der Waals surface area contributed by atoms with E-state index in [1.165, 1.54) is 28.0 Å². The molecule has 228 valence electrons. The van der Waals surface area contributed by atoms with Crippen LogP contribution in [0.1, 0.15) is 55.8 Å². The van der Waals surface area contributed by atoms with Gasteiger partial charge in [-0.1, -0.05) is 85.3 Å². The number of halogens is 1. The van der Waals surface area contributed by atoms with Crippen LogP contribution in [0, 0.1) is 0 Å². The zero-order valence-electron chi connectivity index (χ0n) is 24.4. The number of carbonyl (C=O) groups is 2. The molecule has 1 fully saturated rings. The van der Waals surface area contributed by atoms with Crippen LogP contribution < -0.4 is 14.4 Å². The SMILES string of the molecule is CCCCOc1ccc(C(O)=C2C(=O)C(=O)N(c3nnc(SCc4ccccc4Cl)s3)[C@@H]2c2ccc(OCCC)cc2)cc1. The number of Topliss-reactive ketones (excluding diaryl/α,β-unsaturated/α-hetero) is 1. The Labute approximate surface area is 269 Å². The van der Waals surface area contributed by atoms with E-state index >= 15 is 0 Å². The molecule has 1 N–H and O–H groups in total. The van der Waals surface area contributed by atoms with Crippen LogP contribution in [0.25, 0.3) is 5.76 Å². The summed E-state index contributed by atoms with van der Waals surface area (Å²) in [6, 6.07) is 20.6. The van der Waals surface area contributed by atoms with Crippen LogP contribution >= 0.6 is 34.7 Å². The number of nitrogens with zero attached hydrogens (tertiary/aromatic N) is 3. The first-order valence-electron chi connectivity index (χ1n) is 14.4. The van der Waals surface area contributed by atoms with E-state index < -0.39 is 17.7 Å². The number of aliphatic hydroxyl groups is 1. The van der Waals surface area contributed by atoms with E-state index in [0.717, 1.165) is 24.8 Å². The van der Waals surface area contributed by atoms with E-state index in [1.807, 2.05) is 31.2 Å². The Hall–Kier alpha value is -3.86. The van der Waals surface area contributed by atoms with Crippen LogP contribution in [0.15, 0.2) is 82.7 Å². The third-order valence-electron chi connectivity index (χ3n) is 6.92. The Morgan fingerprint density at radius 3 is 2.30 bits per heavy atom. The Bertz CT molecular complexity index is 1640. The summed E-state index contributed by atoms with van der Waals surface area (Å²) in [5, 5.41) is 21.0. The fourth-order valence-corrected chi connectivity index (χ4v) is 6.78. The molecule has 1 aliphatic rings. The molecular formula is C33H32ClN3O5S2. The van der Waals surface area contributed by atoms with Gasteiger partial charge in [0.05, 0.1) is 24.8 Å². The molecular weight excluding hydrogens is 618 g/mol. The van der Waals surface area contributed by atoms with Crippen molar-refractivity contribution in [2.75, 3.05) is 18.1 Å². The number of aliphatic hydroxyl groups excluding tert-OH is 1. The normalized spacial score (nSPS) is 16.0. The summed E-state index contributed by atoms with van der Waals surface area (Å²) in [5.41, 5.74) is 1.93. The number of aromatic nitrogens is 2. The number of amides is 1. The zero-order chi connectivity index (χ0) is 31.1. The lowest BCUT2D eigenvalue weighted by molar-refractivity contribution is -0.132. The van der Waals surface area contributed by atoms with Crippen molar-refractivity contribution in [1.82, 2.24) is 10.2 Å². The van der Waals surface area contributed by atoms with Crippen molar-refractivity contribution in [1.29, 1.82) is 0 Å². The van der Waals surface area contributed by atoms with Gasteiger partial charge in [-0.3, -0.25) is 14.5 Å². The molecule has 11 heteroatoms. The van der Waals surface area contributed by atoms with Crippen molar-refractivity contribution in [2.24, 2.45) is 0 Å². The smallest absolute Gasteiger partial charge is 0.301 e. The van der Waals surface area contributed by atoms with Gasteiger partial charge >= 0.3 is 5.91 Å². The van der Waals surface area contributed by atoms with Gasteiger partial charge in [0.1, 0.15) is 17.3 Å². The lowest BCUT2D eigenvalue weighted by Crippen LogP contribution is -2.29. The third kappa shape index (κ3) is 7.09. The molecule has 1 aromatic heterocycles. The molecule has 8 nitrogen and oxygen atoms in total. The molecule has 0 saturated carbocycles. The standard InChI is InChI=1S/C33H32ClN3O5S2/c1-3-5-19-42-25-16-12-22(13-17-25)29(38)27-28(21-10-14-24(15-11-21)41-18-4-2)37(31(40)30(27)39)32-35-36-33(44-32)43-20-23-8-6-7-9-26(23)34/h6-17,28,38H,3-5,18-20H2,1-2H3/t28-/m1/s1. The van der Waals surface area contributed by atoms with E-state index in [2.05, 4.69) is 17.1 Å². The van der Waals surface area contributed by atoms with Crippen molar-refractivity contribution < 1.29 is 24.2 Å². The van der Waals surface area contributed by atoms with E-state index in [9.17, 15) is 14.7 Å². The molecule has 1 saturated heterocycles. The van der Waals surface area contributed by atoms with Gasteiger partial charge in [-0.2, -0.15) is 0 Å². The van der Waals surface area contributed by atoms with Crippen molar-refractivity contribution in [2.45, 2.75) is 49.2 Å². The molecule has 2 heterocycles. The van der Waals surface area contributed by atoms with Gasteiger partial charge in [0, 0.05) is 16.3 Å². The maximum absolute atomic E-state index is 13.6. The first-order chi connectivity index (χ1) is 21.4. The second-order valence-corrected chi connectivity index (χ2v) is 12.6. The summed E-state index contributed by atoms with van der Waals surface area (Å²) in [4.78, 5) is 28.5. The zero-order valence-corrected chi connectivity index (χ0v) is 26.8. The summed E-state index contributed by atoms with van der Waals surface area (Å²) >= 11 is 8.95. The van der Waals surface area contributed by atoms with Gasteiger partial charge < -0.3 is 14.6 Å². The van der Waals surface area contributed by atoms with Gasteiger partial charge in [0.2, 0.25) is 5.13 Å². The molecule has 44 heavy (non-hydrogen) atoms. The van der Waals surface area contributed by atoms with Crippen LogP contribution in [0.5, 0.6) is 11.5 Å². The quantitative estimate of drug-likeness (QED) is 0.0387. The summed E-state index contributed by atoms with van der Waals surface area (Å²) in [5.74, 6) is 0.0167. The first kappa shape index (κ1) is 31.6. The van der Waals surface area contributed by atoms with Gasteiger partial charge in [0.25, 0.3) is 5.78 Å². The van der Waals surface area contributed by atoms with Gasteiger partial charge in [-0.15, -0.1) is 10.2 Å². The number of hydrogen-bond acceptors (Lipinski definition) is 9. The highest BCUT2D eigenvalue weighted by atomic mass is 35.5. The van der Waals surface area contributed by atoms with E-state index in [-0.39, 0.29) is 16.5 Å². The van der Waals surface area contributed by atoms with E-state index in [0.29, 0.717) is 51.0 Å². The van der Waals surface area contributed by atoms with Crippen molar-refractivity contribution in [3.8, 4) is 11.5 Å². The topological polar surface area (TPSA) is 102 Å². The lowest BCUT2D eigenvalue weighted by atomic mass is 9.95. The van der Waals surface area contributed by atoms with Gasteiger partial charge in [-0.05, 0) is 66.4 Å². The minimum Gasteiger partial charge on any atom is -0.507 e. The summed E-state index contributed by atoms with van der Waals surface area (Å²) in [6.07, 6.45) is 2.80. The maximum atomic E-state index is 13.6. The highest BCUT2D eigenvalue weighted by Gasteiger charge is 2.48. The minimum atomic E-state index is -0.926. The number of thioether (sulfide) groups is 1. The predicted octanol–water partition coefficient (Wildman–Crippen LogP) is 8.08. The Balaban J connectivity index is 1.49. The first-order valence-corrected chi connectivity index (χ1v) is 16.6. The number of anilines is 1. The van der Waals surface area contributed by atoms with Crippen LogP contribution in [0.2, 0.25) is 5.02 Å². The fourth-order valence-electron chi connectivity index (χ4n) is 4.62. The molecule has 5 rings (SSSR count). The molecule has 4 aromatic rings. The van der Waals surface area contributed by atoms with Crippen LogP contribution in [0.3, 0.4) is 0 Å². The lowest BCUT2D eigenvalue weighted by Gasteiger charge is -2.22. The van der Waals surface area contributed by atoms with Crippen molar-refractivity contribution in [3.05, 3.63) is 100 Å². The van der Waals surface area contributed by atoms with Gasteiger partial charge in [-0.25, -0.2) is 0 Å². The Morgan fingerprint density at radius 1 is 0.932 bits per heavy atom. The molecule has 0 bridgehead atoms. The number of hydrogen-bond donors (Lipinski definition) is 1. The molecule has 1 atom stereocenters. The molecule has 0 spiro atoms. The number of ether oxygens (including phenoxy) is 2. The molecule has 1 aliphatic heterocycles. The van der Waals surface area contributed by atoms with E-state index in [4.69, 9.17) is 21.1 Å². The number of carbonyl (C=O) groups excluding carboxylic acids is 2. The largest absolute Gasteiger partial charge is 0.507 e. The molecule has 0 unspecified atom stereocenters. The van der Waals surface area contributed by atoms with Crippen LogP contribution in [-0.2, 0) is 15.3 Å². The number of benzene rings is 3. The van der Waals surface area contributed by atoms with E-state index in [1.54, 1.807) is 48.5 Å². The number of rotatable bonds is 13. The second kappa shape index (κ2) is 14.7. The number of ketones is 1. The highest BCUT2D eigenvalue weighted by molar-refractivity contribution is 8.00. The number of unbranched alkanes of at least 4 members (excludes halogenated alkanes) is 1. The molecule has 0 aliphatic carbocycles. The molecule has 0 radical (unpaired) electrons. The van der Waals surface area contributed by atoms with Crippen molar-refractivity contribution in [3.63, 3.8) is 0 Å². The fraction of sp³-hybridized carbons (Fsp3) is 0.273. The summed E-state index contributed by atoms with van der Waals surface area (Å²) in [7, 11) is 0. The van der Waals surface area contributed by atoms with Gasteiger partial charge in [0.15, 0.2) is 4.34 Å². The highest BCUT2D eigenvalue weighted by Crippen LogP contribution is 2.44. The van der Waals surface area contributed by atoms with Crippen LogP contribution in [-0.4, -0.2) is 40.2 Å².